The molecule has 2 N–H and O–H groups in total. The third-order valence-electron chi connectivity index (χ3n) is 4.41. The van der Waals surface area contributed by atoms with Gasteiger partial charge in [-0.1, -0.05) is 47.7 Å². The normalized spacial score (nSPS) is 12.0. The number of nitrogens with zero attached hydrogens (tertiary/aromatic N) is 2. The lowest BCUT2D eigenvalue weighted by Gasteiger charge is -2.18. The van der Waals surface area contributed by atoms with Gasteiger partial charge >= 0.3 is 11.9 Å². The van der Waals surface area contributed by atoms with Gasteiger partial charge in [-0.2, -0.15) is 0 Å². The van der Waals surface area contributed by atoms with Gasteiger partial charge in [-0.3, -0.25) is 9.56 Å². The molecule has 1 heterocycles. The summed E-state index contributed by atoms with van der Waals surface area (Å²) in [6.07, 6.45) is 1.70. The molecule has 0 aliphatic carbocycles. The first-order chi connectivity index (χ1) is 14.9. The quantitative estimate of drug-likeness (QED) is 0.287. The van der Waals surface area contributed by atoms with Crippen molar-refractivity contribution in [3.63, 3.8) is 0 Å². The highest BCUT2D eigenvalue weighted by atomic mass is 32.1. The molecule has 0 amide bonds. The highest BCUT2D eigenvalue weighted by Crippen LogP contribution is 2.31. The van der Waals surface area contributed by atoms with Crippen molar-refractivity contribution in [3.8, 4) is 5.88 Å². The number of thiazole rings is 1. The molecule has 2 aromatic carbocycles. The number of carboxylic acid groups (broad SMARTS) is 1. The van der Waals surface area contributed by atoms with E-state index in [-0.39, 0.29) is 18.1 Å². The third-order valence-corrected chi connectivity index (χ3v) is 5.73. The topological polar surface area (TPSA) is 101 Å². The second-order valence-corrected chi connectivity index (χ2v) is 8.17. The molecule has 1 atom stereocenters. The van der Waals surface area contributed by atoms with Gasteiger partial charge in [-0.25, -0.2) is 9.59 Å². The molecule has 31 heavy (non-hydrogen) atoms. The van der Waals surface area contributed by atoms with E-state index in [0.29, 0.717) is 20.9 Å². The first-order valence-electron chi connectivity index (χ1n) is 9.43. The second-order valence-electron chi connectivity index (χ2n) is 6.50. The fraction of sp³-hybridized carbons (Fsp3) is 0.182. The minimum atomic E-state index is -1.06. The number of esters is 1. The van der Waals surface area contributed by atoms with Crippen LogP contribution in [0.4, 0.5) is 5.69 Å². The van der Waals surface area contributed by atoms with Gasteiger partial charge in [-0.05, 0) is 42.9 Å². The molecule has 3 aromatic rings. The maximum absolute atomic E-state index is 12.7. The predicted octanol–water partition coefficient (Wildman–Crippen LogP) is 4.78. The van der Waals surface area contributed by atoms with Crippen LogP contribution in [0.25, 0.3) is 0 Å². The lowest BCUT2D eigenvalue weighted by atomic mass is 10.1. The van der Waals surface area contributed by atoms with Gasteiger partial charge in [0.05, 0.1) is 24.1 Å². The van der Waals surface area contributed by atoms with Crippen molar-refractivity contribution < 1.29 is 24.5 Å². The van der Waals surface area contributed by atoms with Crippen LogP contribution in [0, 0.1) is 3.95 Å². The van der Waals surface area contributed by atoms with Crippen LogP contribution in [-0.2, 0) is 16.0 Å². The van der Waals surface area contributed by atoms with Crippen molar-refractivity contribution in [3.05, 3.63) is 74.6 Å². The van der Waals surface area contributed by atoms with Gasteiger partial charge in [0.15, 0.2) is 3.95 Å². The van der Waals surface area contributed by atoms with Crippen LogP contribution in [0.15, 0.2) is 59.6 Å². The summed E-state index contributed by atoms with van der Waals surface area (Å²) in [4.78, 5) is 28.4. The number of ether oxygens (including phenoxy) is 1. The van der Waals surface area contributed by atoms with E-state index in [1.807, 2.05) is 30.3 Å². The smallest absolute Gasteiger partial charge is 0.335 e. The van der Waals surface area contributed by atoms with Crippen LogP contribution in [0.5, 0.6) is 5.88 Å². The molecule has 9 heteroatoms. The molecule has 1 aromatic heterocycles. The van der Waals surface area contributed by atoms with Gasteiger partial charge in [0.1, 0.15) is 10.9 Å². The Bertz CT molecular complexity index is 1170. The summed E-state index contributed by atoms with van der Waals surface area (Å²) < 4.78 is 6.89. The van der Waals surface area contributed by atoms with E-state index < -0.39 is 18.0 Å². The third kappa shape index (κ3) is 5.44. The minimum Gasteiger partial charge on any atom is -0.493 e. The molecule has 0 spiro atoms. The Morgan fingerprint density at radius 2 is 1.97 bits per heavy atom. The van der Waals surface area contributed by atoms with E-state index in [1.165, 1.54) is 22.9 Å². The minimum absolute atomic E-state index is 0.106. The molecule has 0 saturated heterocycles. The zero-order valence-corrected chi connectivity index (χ0v) is 18.2. The highest BCUT2D eigenvalue weighted by molar-refractivity contribution is 7.73. The largest absolute Gasteiger partial charge is 0.493 e. The van der Waals surface area contributed by atoms with E-state index >= 15 is 0 Å². The summed E-state index contributed by atoms with van der Waals surface area (Å²) >= 11 is 6.52. The number of rotatable bonds is 8. The summed E-state index contributed by atoms with van der Waals surface area (Å²) in [5.74, 6) is -1.74. The lowest BCUT2D eigenvalue weighted by Crippen LogP contribution is -2.24. The Balaban J connectivity index is 1.95. The van der Waals surface area contributed by atoms with E-state index in [1.54, 1.807) is 19.1 Å². The van der Waals surface area contributed by atoms with Gasteiger partial charge in [0.25, 0.3) is 0 Å². The molecule has 0 aliphatic rings. The Hall–Kier alpha value is -3.30. The molecule has 1 unspecified atom stereocenters. The summed E-state index contributed by atoms with van der Waals surface area (Å²) in [6, 6.07) is 14.7. The molecular weight excluding hydrogens is 436 g/mol. The number of aromatic carboxylic acids is 1. The highest BCUT2D eigenvalue weighted by Gasteiger charge is 2.27. The standard InChI is InChI=1S/C22H20N2O5S2/c1-2-29-21(28)17(11-14-7-4-3-5-8-14)24-19(25)18(31-22(24)30)13-23-16-10-6-9-15(12-16)20(26)27/h3-10,12-13,17,25H,2,11H2,1H3,(H,26,27). The number of carbonyl (C=O) groups is 2. The van der Waals surface area contributed by atoms with Crippen molar-refractivity contribution in [2.75, 3.05) is 6.61 Å². The van der Waals surface area contributed by atoms with Crippen LogP contribution in [-0.4, -0.2) is 39.5 Å². The Morgan fingerprint density at radius 1 is 1.23 bits per heavy atom. The average molecular weight is 457 g/mol. The first-order valence-corrected chi connectivity index (χ1v) is 10.7. The summed E-state index contributed by atoms with van der Waals surface area (Å²) in [5.41, 5.74) is 1.42. The number of carboxylic acids is 1. The number of carbonyl (C=O) groups excluding carboxylic acids is 1. The van der Waals surface area contributed by atoms with Gasteiger partial charge < -0.3 is 14.9 Å². The monoisotopic (exact) mass is 456 g/mol. The molecule has 0 bridgehead atoms. The van der Waals surface area contributed by atoms with E-state index in [2.05, 4.69) is 4.99 Å². The van der Waals surface area contributed by atoms with Crippen molar-refractivity contribution >= 4 is 47.4 Å². The number of aromatic hydroxyl groups is 1. The Kier molecular flexibility index (Phi) is 7.32. The van der Waals surface area contributed by atoms with Crippen LogP contribution < -0.4 is 0 Å². The van der Waals surface area contributed by atoms with Gasteiger partial charge in [-0.15, -0.1) is 0 Å². The maximum atomic E-state index is 12.7. The van der Waals surface area contributed by atoms with Crippen LogP contribution in [0.1, 0.15) is 33.8 Å². The first kappa shape index (κ1) is 22.4. The number of aromatic nitrogens is 1. The molecule has 3 rings (SSSR count). The molecule has 7 nitrogen and oxygen atoms in total. The average Bonchev–Trinajstić information content (AvgIpc) is 3.04. The zero-order valence-electron chi connectivity index (χ0n) is 16.6. The van der Waals surface area contributed by atoms with Crippen molar-refractivity contribution in [1.29, 1.82) is 0 Å². The Morgan fingerprint density at radius 3 is 2.65 bits per heavy atom. The van der Waals surface area contributed by atoms with Crippen molar-refractivity contribution in [2.45, 2.75) is 19.4 Å². The number of hydrogen-bond donors (Lipinski definition) is 2. The van der Waals surface area contributed by atoms with Gasteiger partial charge in [0, 0.05) is 6.42 Å². The van der Waals surface area contributed by atoms with Gasteiger partial charge in [0.2, 0.25) is 5.88 Å². The fourth-order valence-corrected chi connectivity index (χ4v) is 4.24. The van der Waals surface area contributed by atoms with Crippen molar-refractivity contribution in [2.24, 2.45) is 4.99 Å². The Labute approximate surface area is 187 Å². The number of aliphatic imine (C=N–C) groups is 1. The lowest BCUT2D eigenvalue weighted by molar-refractivity contribution is -0.147. The summed E-state index contributed by atoms with van der Waals surface area (Å²) in [5, 5.41) is 19.9. The fourth-order valence-electron chi connectivity index (χ4n) is 2.96. The zero-order chi connectivity index (χ0) is 22.4. The molecule has 0 aliphatic heterocycles. The SMILES string of the molecule is CCOC(=O)C(Cc1ccccc1)n1c(O)c(C=Nc2cccc(C(=O)O)c2)sc1=S. The number of benzene rings is 2. The molecular formula is C22H20N2O5S2. The maximum Gasteiger partial charge on any atom is 0.335 e. The van der Waals surface area contributed by atoms with Crippen LogP contribution >= 0.6 is 23.6 Å². The molecule has 0 fully saturated rings. The van der Waals surface area contributed by atoms with Crippen molar-refractivity contribution in [1.82, 2.24) is 4.57 Å². The van der Waals surface area contributed by atoms with E-state index in [9.17, 15) is 14.7 Å². The summed E-state index contributed by atoms with van der Waals surface area (Å²) in [6.45, 7) is 1.92. The molecule has 0 radical (unpaired) electrons. The predicted molar refractivity (Wildman–Crippen MR) is 121 cm³/mol. The molecule has 160 valence electrons. The number of hydrogen-bond acceptors (Lipinski definition) is 7. The summed E-state index contributed by atoms with van der Waals surface area (Å²) in [7, 11) is 0. The van der Waals surface area contributed by atoms with Crippen LogP contribution in [0.2, 0.25) is 0 Å². The van der Waals surface area contributed by atoms with Crippen LogP contribution in [0.3, 0.4) is 0 Å². The van der Waals surface area contributed by atoms with E-state index in [4.69, 9.17) is 22.1 Å². The van der Waals surface area contributed by atoms with E-state index in [0.717, 1.165) is 16.9 Å². The second kappa shape index (κ2) is 10.1. The molecule has 0 saturated carbocycles.